The van der Waals surface area contributed by atoms with Crippen molar-refractivity contribution in [2.75, 3.05) is 32.8 Å². The molecule has 0 spiro atoms. The molecule has 2 N–H and O–H groups in total. The van der Waals surface area contributed by atoms with E-state index < -0.39 is 0 Å². The Morgan fingerprint density at radius 1 is 1.32 bits per heavy atom. The molecule has 31 heavy (non-hydrogen) atoms. The van der Waals surface area contributed by atoms with Crippen molar-refractivity contribution in [1.29, 1.82) is 0 Å². The predicted molar refractivity (Wildman–Crippen MR) is 128 cm³/mol. The molecule has 1 unspecified atom stereocenters. The van der Waals surface area contributed by atoms with E-state index in [-0.39, 0.29) is 30.1 Å². The molecular formula is C21H33IN6O3. The van der Waals surface area contributed by atoms with Crippen molar-refractivity contribution in [3.8, 4) is 11.6 Å². The van der Waals surface area contributed by atoms with Gasteiger partial charge in [0.25, 0.3) is 0 Å². The van der Waals surface area contributed by atoms with Gasteiger partial charge in [0.1, 0.15) is 12.4 Å². The highest BCUT2D eigenvalue weighted by molar-refractivity contribution is 14.0. The second kappa shape index (κ2) is 12.4. The van der Waals surface area contributed by atoms with Gasteiger partial charge in [-0.25, -0.2) is 9.98 Å². The van der Waals surface area contributed by atoms with Crippen LogP contribution in [-0.2, 0) is 16.0 Å². The van der Waals surface area contributed by atoms with Crippen molar-refractivity contribution < 1.29 is 13.9 Å². The monoisotopic (exact) mass is 544 g/mol. The van der Waals surface area contributed by atoms with Crippen molar-refractivity contribution in [3.05, 3.63) is 24.2 Å². The lowest BCUT2D eigenvalue weighted by molar-refractivity contribution is -0.0721. The Morgan fingerprint density at radius 3 is 2.90 bits per heavy atom. The number of likely N-dealkylation sites (tertiary alicyclic amines) is 1. The molecule has 172 valence electrons. The smallest absolute Gasteiger partial charge is 0.216 e. The molecule has 2 aromatic heterocycles. The lowest BCUT2D eigenvalue weighted by atomic mass is 10.1. The summed E-state index contributed by atoms with van der Waals surface area (Å²) in [4.78, 5) is 11.5. The molecule has 0 aromatic carbocycles. The van der Waals surface area contributed by atoms with Crippen LogP contribution in [0.25, 0.3) is 11.6 Å². The summed E-state index contributed by atoms with van der Waals surface area (Å²) >= 11 is 0. The van der Waals surface area contributed by atoms with Crippen LogP contribution in [0, 0.1) is 0 Å². The average molecular weight is 544 g/mol. The second-order valence-corrected chi connectivity index (χ2v) is 7.76. The molecule has 0 amide bonds. The van der Waals surface area contributed by atoms with Crippen molar-refractivity contribution >= 4 is 29.9 Å². The van der Waals surface area contributed by atoms with E-state index in [9.17, 15) is 0 Å². The lowest BCUT2D eigenvalue weighted by Crippen LogP contribution is -2.47. The predicted octanol–water partition coefficient (Wildman–Crippen LogP) is 3.20. The summed E-state index contributed by atoms with van der Waals surface area (Å²) in [5.74, 6) is 2.81. The molecule has 9 nitrogen and oxygen atoms in total. The van der Waals surface area contributed by atoms with Gasteiger partial charge in [0.2, 0.25) is 5.82 Å². The van der Waals surface area contributed by atoms with Crippen LogP contribution < -0.4 is 5.32 Å². The Balaban J connectivity index is 0.00000272. The molecule has 2 saturated heterocycles. The first kappa shape index (κ1) is 24.0. The van der Waals surface area contributed by atoms with Crippen LogP contribution >= 0.6 is 24.0 Å². The Labute approximate surface area is 200 Å². The van der Waals surface area contributed by atoms with Gasteiger partial charge >= 0.3 is 0 Å². The van der Waals surface area contributed by atoms with Crippen molar-refractivity contribution in [1.82, 2.24) is 25.4 Å². The first-order valence-electron chi connectivity index (χ1n) is 11.0. The summed E-state index contributed by atoms with van der Waals surface area (Å²) < 4.78 is 17.2. The van der Waals surface area contributed by atoms with Crippen molar-refractivity contribution in [3.63, 3.8) is 0 Å². The number of aliphatic imine (C=N–C) groups is 1. The van der Waals surface area contributed by atoms with E-state index in [1.165, 1.54) is 12.8 Å². The molecule has 2 aliphatic rings. The molecule has 2 fully saturated rings. The number of hydrogen-bond donors (Lipinski definition) is 2. The fourth-order valence-corrected chi connectivity index (χ4v) is 3.87. The summed E-state index contributed by atoms with van der Waals surface area (Å²) in [6, 6.07) is 3.66. The molecule has 2 aliphatic heterocycles. The first-order valence-corrected chi connectivity index (χ1v) is 11.0. The van der Waals surface area contributed by atoms with Gasteiger partial charge in [0, 0.05) is 26.2 Å². The molecule has 0 radical (unpaired) electrons. The maximum Gasteiger partial charge on any atom is 0.216 e. The van der Waals surface area contributed by atoms with E-state index in [1.54, 1.807) is 6.26 Å². The maximum atomic E-state index is 6.13. The SMILES string of the molecule is CCNC(=NCc1nc(-c2ccco2)n[nH]1)N1CCC(OCC2CCCCO2)CC1.I. The van der Waals surface area contributed by atoms with Gasteiger partial charge in [0.05, 0.1) is 25.1 Å². The molecular weight excluding hydrogens is 511 g/mol. The van der Waals surface area contributed by atoms with Gasteiger partial charge in [-0.3, -0.25) is 5.10 Å². The van der Waals surface area contributed by atoms with Crippen LogP contribution in [0.3, 0.4) is 0 Å². The average Bonchev–Trinajstić information content (AvgIpc) is 3.48. The summed E-state index contributed by atoms with van der Waals surface area (Å²) in [6.45, 7) is 6.80. The van der Waals surface area contributed by atoms with Crippen LogP contribution in [0.5, 0.6) is 0 Å². The zero-order valence-electron chi connectivity index (χ0n) is 18.1. The first-order chi connectivity index (χ1) is 14.8. The topological polar surface area (TPSA) is 101 Å². The van der Waals surface area contributed by atoms with Gasteiger partial charge < -0.3 is 24.1 Å². The number of furan rings is 1. The van der Waals surface area contributed by atoms with Crippen LogP contribution in [0.2, 0.25) is 0 Å². The number of H-pyrrole nitrogens is 1. The Hall–Kier alpha value is -1.66. The van der Waals surface area contributed by atoms with E-state index in [2.05, 4.69) is 32.3 Å². The quantitative estimate of drug-likeness (QED) is 0.314. The summed E-state index contributed by atoms with van der Waals surface area (Å²) in [5, 5.41) is 10.5. The molecule has 1 atom stereocenters. The minimum atomic E-state index is 0. The molecule has 4 heterocycles. The van der Waals surface area contributed by atoms with Crippen LogP contribution in [0.4, 0.5) is 0 Å². The summed E-state index contributed by atoms with van der Waals surface area (Å²) in [7, 11) is 0. The molecule has 0 aliphatic carbocycles. The van der Waals surface area contributed by atoms with Gasteiger partial charge in [-0.1, -0.05) is 0 Å². The largest absolute Gasteiger partial charge is 0.461 e. The highest BCUT2D eigenvalue weighted by Gasteiger charge is 2.24. The van der Waals surface area contributed by atoms with E-state index in [1.807, 2.05) is 12.1 Å². The Kier molecular flexibility index (Phi) is 9.59. The standard InChI is InChI=1S/C21H32N6O3.HI/c1-2-22-21(23-14-19-24-20(26-25-19)18-7-5-13-29-18)27-10-8-16(9-11-27)30-15-17-6-3-4-12-28-17;/h5,7,13,16-17H,2-4,6,8-12,14-15H2,1H3,(H,22,23)(H,24,25,26);1H. The van der Waals surface area contributed by atoms with Gasteiger partial charge in [-0.2, -0.15) is 0 Å². The van der Waals surface area contributed by atoms with E-state index in [4.69, 9.17) is 18.9 Å². The van der Waals surface area contributed by atoms with Crippen LogP contribution in [0.1, 0.15) is 44.9 Å². The zero-order valence-corrected chi connectivity index (χ0v) is 20.4. The number of piperidine rings is 1. The fraction of sp³-hybridized carbons (Fsp3) is 0.667. The highest BCUT2D eigenvalue weighted by atomic mass is 127. The molecule has 2 aromatic rings. The number of ether oxygens (including phenoxy) is 2. The lowest BCUT2D eigenvalue weighted by Gasteiger charge is -2.35. The highest BCUT2D eigenvalue weighted by Crippen LogP contribution is 2.18. The third-order valence-electron chi connectivity index (χ3n) is 5.52. The molecule has 0 saturated carbocycles. The number of aromatic nitrogens is 3. The summed E-state index contributed by atoms with van der Waals surface area (Å²) in [5.41, 5.74) is 0. The minimum absolute atomic E-state index is 0. The number of guanidine groups is 1. The van der Waals surface area contributed by atoms with E-state index in [0.29, 0.717) is 30.1 Å². The number of hydrogen-bond acceptors (Lipinski definition) is 6. The number of nitrogens with one attached hydrogen (secondary N) is 2. The van der Waals surface area contributed by atoms with Gasteiger partial charge in [-0.15, -0.1) is 29.1 Å². The minimum Gasteiger partial charge on any atom is -0.461 e. The van der Waals surface area contributed by atoms with E-state index in [0.717, 1.165) is 58.1 Å². The number of nitrogens with zero attached hydrogens (tertiary/aromatic N) is 4. The molecule has 4 rings (SSSR count). The Morgan fingerprint density at radius 2 is 2.19 bits per heavy atom. The van der Waals surface area contributed by atoms with Crippen LogP contribution in [-0.4, -0.2) is 71.1 Å². The number of halogens is 1. The molecule has 10 heteroatoms. The van der Waals surface area contributed by atoms with Crippen molar-refractivity contribution in [2.24, 2.45) is 4.99 Å². The van der Waals surface area contributed by atoms with Gasteiger partial charge in [0.15, 0.2) is 11.7 Å². The number of aromatic amines is 1. The normalized spacial score (nSPS) is 20.5. The fourth-order valence-electron chi connectivity index (χ4n) is 3.87. The Bertz CT molecular complexity index is 783. The van der Waals surface area contributed by atoms with Gasteiger partial charge in [-0.05, 0) is 51.2 Å². The maximum absolute atomic E-state index is 6.13. The second-order valence-electron chi connectivity index (χ2n) is 7.76. The number of rotatable bonds is 7. The van der Waals surface area contributed by atoms with E-state index >= 15 is 0 Å². The van der Waals surface area contributed by atoms with Crippen LogP contribution in [0.15, 0.2) is 27.8 Å². The van der Waals surface area contributed by atoms with Crippen molar-refractivity contribution in [2.45, 2.75) is 57.8 Å². The summed E-state index contributed by atoms with van der Waals surface area (Å²) in [6.07, 6.45) is 7.76. The third kappa shape index (κ3) is 6.91. The third-order valence-corrected chi connectivity index (χ3v) is 5.52. The molecule has 0 bridgehead atoms. The zero-order chi connectivity index (χ0) is 20.6.